The van der Waals surface area contributed by atoms with Gasteiger partial charge in [0, 0.05) is 22.8 Å². The molecule has 5 rings (SSSR count). The van der Waals surface area contributed by atoms with Crippen LogP contribution >= 0.6 is 0 Å². The third-order valence-corrected chi connectivity index (χ3v) is 5.09. The lowest BCUT2D eigenvalue weighted by atomic mass is 10.0. The SMILES string of the molecule is COc1ccc(-c2cn3nc(-c4ccccc4)c(-c4ccccc4)nc3n2)c(OC)c1. The van der Waals surface area contributed by atoms with Crippen molar-refractivity contribution in [2.75, 3.05) is 14.2 Å². The molecular formula is C25H20N4O2. The molecule has 0 saturated heterocycles. The van der Waals surface area contributed by atoms with E-state index in [1.807, 2.05) is 85.1 Å². The molecule has 3 aromatic carbocycles. The van der Waals surface area contributed by atoms with Crippen LogP contribution in [0.2, 0.25) is 0 Å². The maximum Gasteiger partial charge on any atom is 0.251 e. The van der Waals surface area contributed by atoms with Gasteiger partial charge in [0.15, 0.2) is 0 Å². The number of nitrogens with zero attached hydrogens (tertiary/aromatic N) is 4. The van der Waals surface area contributed by atoms with Gasteiger partial charge in [0.25, 0.3) is 5.78 Å². The molecule has 2 heterocycles. The predicted molar refractivity (Wildman–Crippen MR) is 120 cm³/mol. The summed E-state index contributed by atoms with van der Waals surface area (Å²) in [5.74, 6) is 1.92. The van der Waals surface area contributed by atoms with Crippen LogP contribution < -0.4 is 9.47 Å². The van der Waals surface area contributed by atoms with E-state index in [1.54, 1.807) is 18.7 Å². The van der Waals surface area contributed by atoms with Crippen LogP contribution in [0.4, 0.5) is 0 Å². The van der Waals surface area contributed by atoms with Crippen LogP contribution in [0.1, 0.15) is 0 Å². The van der Waals surface area contributed by atoms with Crippen molar-refractivity contribution in [2.24, 2.45) is 0 Å². The zero-order valence-corrected chi connectivity index (χ0v) is 17.2. The van der Waals surface area contributed by atoms with E-state index in [1.165, 1.54) is 0 Å². The molecule has 152 valence electrons. The quantitative estimate of drug-likeness (QED) is 0.403. The Kier molecular flexibility index (Phi) is 4.80. The number of hydrogen-bond donors (Lipinski definition) is 0. The van der Waals surface area contributed by atoms with Crippen molar-refractivity contribution in [1.29, 1.82) is 0 Å². The number of hydrogen-bond acceptors (Lipinski definition) is 5. The van der Waals surface area contributed by atoms with Gasteiger partial charge in [0.1, 0.15) is 22.9 Å². The minimum Gasteiger partial charge on any atom is -0.497 e. The summed E-state index contributed by atoms with van der Waals surface area (Å²) in [6, 6.07) is 25.7. The van der Waals surface area contributed by atoms with Crippen LogP contribution in [0.3, 0.4) is 0 Å². The smallest absolute Gasteiger partial charge is 0.251 e. The van der Waals surface area contributed by atoms with Crippen molar-refractivity contribution >= 4 is 5.78 Å². The van der Waals surface area contributed by atoms with Gasteiger partial charge in [-0.15, -0.1) is 0 Å². The van der Waals surface area contributed by atoms with E-state index in [2.05, 4.69) is 0 Å². The minimum atomic E-state index is 0.520. The maximum atomic E-state index is 5.55. The van der Waals surface area contributed by atoms with E-state index in [-0.39, 0.29) is 0 Å². The molecule has 0 amide bonds. The Balaban J connectivity index is 1.71. The molecule has 5 aromatic rings. The van der Waals surface area contributed by atoms with Crippen LogP contribution in [0.25, 0.3) is 39.5 Å². The molecule has 6 heteroatoms. The Morgan fingerprint density at radius 1 is 0.710 bits per heavy atom. The van der Waals surface area contributed by atoms with E-state index >= 15 is 0 Å². The lowest BCUT2D eigenvalue weighted by molar-refractivity contribution is 0.395. The number of benzene rings is 3. The molecule has 0 N–H and O–H groups in total. The first-order chi connectivity index (χ1) is 15.3. The van der Waals surface area contributed by atoms with Crippen molar-refractivity contribution in [3.63, 3.8) is 0 Å². The van der Waals surface area contributed by atoms with Crippen LogP contribution in [-0.2, 0) is 0 Å². The topological polar surface area (TPSA) is 61.5 Å². The van der Waals surface area contributed by atoms with Crippen LogP contribution in [0.5, 0.6) is 11.5 Å². The van der Waals surface area contributed by atoms with Gasteiger partial charge in [-0.1, -0.05) is 60.7 Å². The van der Waals surface area contributed by atoms with E-state index in [9.17, 15) is 0 Å². The molecule has 0 aliphatic carbocycles. The number of rotatable bonds is 5. The van der Waals surface area contributed by atoms with Gasteiger partial charge in [0.05, 0.1) is 26.1 Å². The molecular weight excluding hydrogens is 388 g/mol. The highest BCUT2D eigenvalue weighted by Gasteiger charge is 2.17. The molecule has 0 unspecified atom stereocenters. The van der Waals surface area contributed by atoms with Crippen molar-refractivity contribution in [3.05, 3.63) is 85.1 Å². The first-order valence-corrected chi connectivity index (χ1v) is 9.87. The first kappa shape index (κ1) is 18.8. The summed E-state index contributed by atoms with van der Waals surface area (Å²) in [5.41, 5.74) is 5.14. The monoisotopic (exact) mass is 408 g/mol. The second kappa shape index (κ2) is 7.91. The Labute approximate surface area is 179 Å². The lowest BCUT2D eigenvalue weighted by Gasteiger charge is -2.08. The highest BCUT2D eigenvalue weighted by Crippen LogP contribution is 2.34. The van der Waals surface area contributed by atoms with Crippen molar-refractivity contribution in [1.82, 2.24) is 19.6 Å². The van der Waals surface area contributed by atoms with Gasteiger partial charge in [-0.25, -0.2) is 14.5 Å². The zero-order chi connectivity index (χ0) is 21.2. The fourth-order valence-corrected chi connectivity index (χ4v) is 3.55. The summed E-state index contributed by atoms with van der Waals surface area (Å²) in [6.45, 7) is 0. The van der Waals surface area contributed by atoms with Gasteiger partial charge in [0.2, 0.25) is 0 Å². The van der Waals surface area contributed by atoms with Crippen molar-refractivity contribution < 1.29 is 9.47 Å². The minimum absolute atomic E-state index is 0.520. The van der Waals surface area contributed by atoms with Gasteiger partial charge in [-0.05, 0) is 12.1 Å². The molecule has 0 radical (unpaired) electrons. The van der Waals surface area contributed by atoms with Gasteiger partial charge in [-0.3, -0.25) is 0 Å². The average molecular weight is 408 g/mol. The number of imidazole rings is 1. The maximum absolute atomic E-state index is 5.55. The molecule has 0 atom stereocenters. The standard InChI is InChI=1S/C25H20N4O2/c1-30-19-13-14-20(22(15-19)31-2)21-16-29-25(26-21)27-23(17-9-5-3-6-10-17)24(28-29)18-11-7-4-8-12-18/h3-16H,1-2H3. The van der Waals surface area contributed by atoms with E-state index in [0.717, 1.165) is 39.5 Å². The molecule has 0 aliphatic heterocycles. The largest absolute Gasteiger partial charge is 0.497 e. The van der Waals surface area contributed by atoms with Gasteiger partial charge in [-0.2, -0.15) is 5.10 Å². The van der Waals surface area contributed by atoms with Crippen molar-refractivity contribution in [2.45, 2.75) is 0 Å². The summed E-state index contributed by atoms with van der Waals surface area (Å²) >= 11 is 0. The number of ether oxygens (including phenoxy) is 2. The summed E-state index contributed by atoms with van der Waals surface area (Å²) in [5, 5.41) is 4.88. The molecule has 31 heavy (non-hydrogen) atoms. The summed E-state index contributed by atoms with van der Waals surface area (Å²) in [6.07, 6.45) is 1.87. The fraction of sp³-hybridized carbons (Fsp3) is 0.0800. The second-order valence-electron chi connectivity index (χ2n) is 6.98. The number of methoxy groups -OCH3 is 2. The third-order valence-electron chi connectivity index (χ3n) is 5.09. The molecule has 6 nitrogen and oxygen atoms in total. The Morgan fingerprint density at radius 2 is 1.39 bits per heavy atom. The summed E-state index contributed by atoms with van der Waals surface area (Å²) in [7, 11) is 3.26. The van der Waals surface area contributed by atoms with E-state index in [4.69, 9.17) is 24.5 Å². The first-order valence-electron chi connectivity index (χ1n) is 9.87. The number of aromatic nitrogens is 4. The average Bonchev–Trinajstić information content (AvgIpc) is 3.26. The molecule has 0 saturated carbocycles. The van der Waals surface area contributed by atoms with E-state index in [0.29, 0.717) is 11.5 Å². The predicted octanol–water partition coefficient (Wildman–Crippen LogP) is 5.14. The summed E-state index contributed by atoms with van der Waals surface area (Å²) < 4.78 is 12.6. The Bertz CT molecular complexity index is 1270. The molecule has 0 spiro atoms. The van der Waals surface area contributed by atoms with Crippen LogP contribution in [0.15, 0.2) is 85.1 Å². The van der Waals surface area contributed by atoms with Crippen LogP contribution in [-0.4, -0.2) is 33.8 Å². The lowest BCUT2D eigenvalue weighted by Crippen LogP contribution is -2.00. The molecule has 0 bridgehead atoms. The van der Waals surface area contributed by atoms with Crippen LogP contribution in [0, 0.1) is 0 Å². The normalized spacial score (nSPS) is 10.9. The fourth-order valence-electron chi connectivity index (χ4n) is 3.55. The molecule has 2 aromatic heterocycles. The second-order valence-corrected chi connectivity index (χ2v) is 6.98. The summed E-state index contributed by atoms with van der Waals surface area (Å²) in [4.78, 5) is 9.62. The van der Waals surface area contributed by atoms with Gasteiger partial charge >= 0.3 is 0 Å². The van der Waals surface area contributed by atoms with Crippen molar-refractivity contribution in [3.8, 4) is 45.3 Å². The Morgan fingerprint density at radius 3 is 2.03 bits per heavy atom. The number of fused-ring (bicyclic) bond motifs is 1. The highest BCUT2D eigenvalue weighted by atomic mass is 16.5. The molecule has 0 aliphatic rings. The molecule has 0 fully saturated rings. The van der Waals surface area contributed by atoms with E-state index < -0.39 is 0 Å². The zero-order valence-electron chi connectivity index (χ0n) is 17.2. The highest BCUT2D eigenvalue weighted by molar-refractivity contribution is 5.79. The third kappa shape index (κ3) is 3.48. The Hall–Kier alpha value is -4.19. The van der Waals surface area contributed by atoms with Gasteiger partial charge < -0.3 is 9.47 Å².